The first kappa shape index (κ1) is 11.3. The van der Waals surface area contributed by atoms with Crippen LogP contribution in [-0.4, -0.2) is 25.4 Å². The second kappa shape index (κ2) is 4.02. The third kappa shape index (κ3) is 2.34. The molecule has 0 spiro atoms. The molecule has 2 bridgehead atoms. The Bertz CT molecular complexity index is 289. The highest BCUT2D eigenvalue weighted by molar-refractivity contribution is 7.86. The highest BCUT2D eigenvalue weighted by Crippen LogP contribution is 2.42. The lowest BCUT2D eigenvalue weighted by molar-refractivity contribution is 0.0255. The number of fused-ring (bicyclic) bond motifs is 2. The van der Waals surface area contributed by atoms with Crippen LogP contribution in [0.2, 0.25) is 0 Å². The van der Waals surface area contributed by atoms with Gasteiger partial charge in [0, 0.05) is 21.3 Å². The van der Waals surface area contributed by atoms with Gasteiger partial charge in [-0.1, -0.05) is 11.6 Å². The summed E-state index contributed by atoms with van der Waals surface area (Å²) in [6, 6.07) is 0. The van der Waals surface area contributed by atoms with Gasteiger partial charge >= 0.3 is 0 Å². The molecule has 2 unspecified atom stereocenters. The van der Waals surface area contributed by atoms with Crippen LogP contribution in [0.1, 0.15) is 46.0 Å². The Morgan fingerprint density at radius 2 is 1.93 bits per heavy atom. The van der Waals surface area contributed by atoms with Crippen LogP contribution >= 0.6 is 0 Å². The van der Waals surface area contributed by atoms with Crippen LogP contribution in [0.25, 0.3) is 0 Å². The van der Waals surface area contributed by atoms with Crippen molar-refractivity contribution in [3.63, 3.8) is 0 Å². The van der Waals surface area contributed by atoms with Gasteiger partial charge in [0.05, 0.1) is 5.60 Å². The van der Waals surface area contributed by atoms with Crippen molar-refractivity contribution in [2.24, 2.45) is 0 Å². The van der Waals surface area contributed by atoms with Crippen molar-refractivity contribution in [2.75, 3.05) is 0 Å². The molecule has 0 aromatic heterocycles. The van der Waals surface area contributed by atoms with Crippen molar-refractivity contribution in [1.29, 1.82) is 0 Å². The van der Waals surface area contributed by atoms with Gasteiger partial charge in [0.25, 0.3) is 0 Å². The number of rotatable bonds is 2. The van der Waals surface area contributed by atoms with E-state index in [1.807, 2.05) is 0 Å². The summed E-state index contributed by atoms with van der Waals surface area (Å²) in [5.74, 6) is 0. The summed E-state index contributed by atoms with van der Waals surface area (Å²) in [5.41, 5.74) is 0.680. The maximum absolute atomic E-state index is 11.8. The normalized spacial score (nSPS) is 44.1. The quantitative estimate of drug-likeness (QED) is 0.735. The van der Waals surface area contributed by atoms with Crippen LogP contribution in [0.4, 0.5) is 0 Å². The van der Waals surface area contributed by atoms with Crippen LogP contribution in [0.15, 0.2) is 11.6 Å². The minimum atomic E-state index is -0.660. The lowest BCUT2D eigenvalue weighted by Crippen LogP contribution is -2.42. The number of allylic oxidation sites excluding steroid dienone is 1. The molecule has 2 rings (SSSR count). The first-order chi connectivity index (χ1) is 7.00. The zero-order valence-electron chi connectivity index (χ0n) is 9.53. The molecule has 2 atom stereocenters. The van der Waals surface area contributed by atoms with Gasteiger partial charge in [0.15, 0.2) is 0 Å². The summed E-state index contributed by atoms with van der Waals surface area (Å²) in [4.78, 5) is 0. The summed E-state index contributed by atoms with van der Waals surface area (Å²) in [5, 5.41) is 11.0. The summed E-state index contributed by atoms with van der Waals surface area (Å²) < 4.78 is 11.8. The standard InChI is InChI=1S/C12H20O2S/c1-9(2)5-6-12(13)7-10-3-4-11(8-12)15(10)14/h5,10-11,13H,3-4,6-8H2,1-2H3. The van der Waals surface area contributed by atoms with Gasteiger partial charge in [-0.3, -0.25) is 4.21 Å². The minimum absolute atomic E-state index is 0.263. The van der Waals surface area contributed by atoms with Crippen LogP contribution in [-0.2, 0) is 10.8 Å². The third-order valence-electron chi connectivity index (χ3n) is 3.57. The first-order valence-electron chi connectivity index (χ1n) is 5.75. The van der Waals surface area contributed by atoms with Crippen molar-refractivity contribution in [3.8, 4) is 0 Å². The highest BCUT2D eigenvalue weighted by atomic mass is 32.2. The van der Waals surface area contributed by atoms with Gasteiger partial charge in [-0.2, -0.15) is 0 Å². The van der Waals surface area contributed by atoms with Gasteiger partial charge in [0.1, 0.15) is 0 Å². The minimum Gasteiger partial charge on any atom is -0.389 e. The van der Waals surface area contributed by atoms with Crippen molar-refractivity contribution in [1.82, 2.24) is 0 Å². The van der Waals surface area contributed by atoms with Gasteiger partial charge in [-0.25, -0.2) is 0 Å². The molecule has 0 aromatic carbocycles. The van der Waals surface area contributed by atoms with Crippen LogP contribution in [0.5, 0.6) is 0 Å². The molecule has 86 valence electrons. The Morgan fingerprint density at radius 3 is 2.40 bits per heavy atom. The Labute approximate surface area is 94.2 Å². The van der Waals surface area contributed by atoms with Crippen molar-refractivity contribution in [3.05, 3.63) is 11.6 Å². The fraction of sp³-hybridized carbons (Fsp3) is 0.833. The zero-order chi connectivity index (χ0) is 11.1. The lowest BCUT2D eigenvalue weighted by atomic mass is 9.89. The molecule has 3 heteroatoms. The fourth-order valence-corrected chi connectivity index (χ4v) is 4.97. The average Bonchev–Trinajstić information content (AvgIpc) is 2.39. The van der Waals surface area contributed by atoms with Crippen molar-refractivity contribution in [2.45, 2.75) is 62.1 Å². The molecular weight excluding hydrogens is 208 g/mol. The number of hydrogen-bond acceptors (Lipinski definition) is 2. The van der Waals surface area contributed by atoms with Crippen LogP contribution in [0, 0.1) is 0 Å². The number of hydrogen-bond donors (Lipinski definition) is 1. The molecule has 15 heavy (non-hydrogen) atoms. The maximum Gasteiger partial charge on any atom is 0.0705 e. The Balaban J connectivity index is 2.06. The molecule has 2 fully saturated rings. The predicted molar refractivity (Wildman–Crippen MR) is 63.2 cm³/mol. The summed E-state index contributed by atoms with van der Waals surface area (Å²) in [7, 11) is -0.660. The van der Waals surface area contributed by atoms with E-state index in [2.05, 4.69) is 19.9 Å². The first-order valence-corrected chi connectivity index (χ1v) is 7.03. The average molecular weight is 228 g/mol. The molecular formula is C12H20O2S. The molecule has 2 aliphatic rings. The second-order valence-corrected chi connectivity index (χ2v) is 7.26. The highest BCUT2D eigenvalue weighted by Gasteiger charge is 2.46. The summed E-state index contributed by atoms with van der Waals surface area (Å²) >= 11 is 0. The van der Waals surface area contributed by atoms with Crippen molar-refractivity contribution < 1.29 is 9.32 Å². The third-order valence-corrected chi connectivity index (χ3v) is 5.69. The molecule has 0 saturated carbocycles. The van der Waals surface area contributed by atoms with E-state index in [0.717, 1.165) is 32.1 Å². The monoisotopic (exact) mass is 228 g/mol. The van der Waals surface area contributed by atoms with E-state index in [9.17, 15) is 9.32 Å². The predicted octanol–water partition coefficient (Wildman–Crippen LogP) is 2.15. The smallest absolute Gasteiger partial charge is 0.0705 e. The molecule has 0 aromatic rings. The van der Waals surface area contributed by atoms with Crippen LogP contribution < -0.4 is 0 Å². The SMILES string of the molecule is CC(C)=CCC1(O)CC2CCC(C1)S2=O. The molecule has 2 aliphatic heterocycles. The molecule has 0 radical (unpaired) electrons. The van der Waals surface area contributed by atoms with E-state index in [0.29, 0.717) is 0 Å². The maximum atomic E-state index is 11.8. The van der Waals surface area contributed by atoms with E-state index >= 15 is 0 Å². The van der Waals surface area contributed by atoms with Crippen LogP contribution in [0.3, 0.4) is 0 Å². The Kier molecular flexibility index (Phi) is 3.04. The zero-order valence-corrected chi connectivity index (χ0v) is 10.3. The van der Waals surface area contributed by atoms with E-state index in [1.165, 1.54) is 5.57 Å². The Morgan fingerprint density at radius 1 is 1.40 bits per heavy atom. The number of aliphatic hydroxyl groups is 1. The van der Waals surface area contributed by atoms with E-state index in [-0.39, 0.29) is 10.5 Å². The molecule has 1 N–H and O–H groups in total. The molecule has 0 amide bonds. The van der Waals surface area contributed by atoms with Gasteiger partial charge in [-0.15, -0.1) is 0 Å². The van der Waals surface area contributed by atoms with E-state index in [1.54, 1.807) is 0 Å². The molecule has 2 heterocycles. The molecule has 0 aliphatic carbocycles. The second-order valence-electron chi connectivity index (χ2n) is 5.27. The van der Waals surface area contributed by atoms with E-state index < -0.39 is 16.4 Å². The molecule has 2 nitrogen and oxygen atoms in total. The fourth-order valence-electron chi connectivity index (χ4n) is 2.74. The Hall–Kier alpha value is -0.150. The summed E-state index contributed by atoms with van der Waals surface area (Å²) in [6.07, 6.45) is 6.41. The van der Waals surface area contributed by atoms with Crippen molar-refractivity contribution >= 4 is 10.8 Å². The van der Waals surface area contributed by atoms with Gasteiger partial charge in [-0.05, 0) is 46.0 Å². The topological polar surface area (TPSA) is 37.3 Å². The van der Waals surface area contributed by atoms with E-state index in [4.69, 9.17) is 0 Å². The van der Waals surface area contributed by atoms with Gasteiger partial charge in [0.2, 0.25) is 0 Å². The largest absolute Gasteiger partial charge is 0.389 e. The lowest BCUT2D eigenvalue weighted by Gasteiger charge is -2.35. The molecule has 2 saturated heterocycles. The van der Waals surface area contributed by atoms with Gasteiger partial charge < -0.3 is 5.11 Å². The summed E-state index contributed by atoms with van der Waals surface area (Å²) in [6.45, 7) is 4.11.